The SMILES string of the molecule is CCN(CC)CCCCC(=O)c1ccc2c(c1)sc1nc(-c3ccc(CNC(=O)OC(C)(C)C)cc3)nn12. The zero-order chi connectivity index (χ0) is 27.3. The molecule has 0 aliphatic carbocycles. The van der Waals surface area contributed by atoms with E-state index in [1.165, 1.54) is 11.3 Å². The Morgan fingerprint density at radius 3 is 2.47 bits per heavy atom. The minimum absolute atomic E-state index is 0.187. The van der Waals surface area contributed by atoms with Crippen LogP contribution in [0.15, 0.2) is 42.5 Å². The highest BCUT2D eigenvalue weighted by molar-refractivity contribution is 7.23. The smallest absolute Gasteiger partial charge is 0.407 e. The van der Waals surface area contributed by atoms with E-state index >= 15 is 0 Å². The van der Waals surface area contributed by atoms with E-state index in [0.717, 1.165) is 64.3 Å². The standard InChI is InChI=1S/C29H37N5O3S/c1-6-33(7-2)17-9-8-10-24(35)22-15-16-23-25(18-22)38-27-31-26(32-34(23)27)21-13-11-20(12-14-21)19-30-28(36)37-29(3,4)5/h11-16,18H,6-10,17,19H2,1-5H3,(H,30,36). The van der Waals surface area contributed by atoms with Gasteiger partial charge in [-0.3, -0.25) is 4.79 Å². The van der Waals surface area contributed by atoms with E-state index in [-0.39, 0.29) is 5.78 Å². The summed E-state index contributed by atoms with van der Waals surface area (Å²) in [5, 5.41) is 7.49. The van der Waals surface area contributed by atoms with Crippen LogP contribution in [-0.2, 0) is 11.3 Å². The summed E-state index contributed by atoms with van der Waals surface area (Å²) in [4.78, 5) is 32.5. The van der Waals surface area contributed by atoms with Crippen LogP contribution in [0.25, 0.3) is 26.6 Å². The molecule has 4 rings (SSSR count). The van der Waals surface area contributed by atoms with Crippen molar-refractivity contribution in [1.82, 2.24) is 24.8 Å². The number of hydrogen-bond donors (Lipinski definition) is 1. The molecule has 0 fully saturated rings. The molecule has 0 aliphatic heterocycles. The first-order valence-electron chi connectivity index (χ1n) is 13.3. The Morgan fingerprint density at radius 2 is 1.79 bits per heavy atom. The van der Waals surface area contributed by atoms with Gasteiger partial charge in [-0.1, -0.05) is 49.4 Å². The van der Waals surface area contributed by atoms with Crippen molar-refractivity contribution in [3.63, 3.8) is 0 Å². The molecule has 0 unspecified atom stereocenters. The molecule has 9 heteroatoms. The van der Waals surface area contributed by atoms with Gasteiger partial charge in [0, 0.05) is 24.1 Å². The van der Waals surface area contributed by atoms with Gasteiger partial charge in [0.25, 0.3) is 0 Å². The highest BCUT2D eigenvalue weighted by atomic mass is 32.1. The zero-order valence-corrected chi connectivity index (χ0v) is 23.7. The van der Waals surface area contributed by atoms with Crippen molar-refractivity contribution in [3.05, 3.63) is 53.6 Å². The number of amides is 1. The fourth-order valence-electron chi connectivity index (χ4n) is 4.25. The summed E-state index contributed by atoms with van der Waals surface area (Å²) in [5.74, 6) is 0.825. The molecule has 1 N–H and O–H groups in total. The predicted octanol–water partition coefficient (Wildman–Crippen LogP) is 6.33. The van der Waals surface area contributed by atoms with Gasteiger partial charge in [0.2, 0.25) is 4.96 Å². The molecule has 38 heavy (non-hydrogen) atoms. The lowest BCUT2D eigenvalue weighted by Crippen LogP contribution is -2.32. The third-order valence-electron chi connectivity index (χ3n) is 6.36. The molecule has 0 saturated heterocycles. The molecule has 0 atom stereocenters. The van der Waals surface area contributed by atoms with E-state index < -0.39 is 11.7 Å². The molecule has 0 radical (unpaired) electrons. The van der Waals surface area contributed by atoms with Crippen LogP contribution in [0.4, 0.5) is 4.79 Å². The number of hydrogen-bond acceptors (Lipinski definition) is 7. The van der Waals surface area contributed by atoms with Crippen molar-refractivity contribution in [3.8, 4) is 11.4 Å². The van der Waals surface area contributed by atoms with Crippen LogP contribution in [0, 0.1) is 0 Å². The van der Waals surface area contributed by atoms with Crippen molar-refractivity contribution in [2.75, 3.05) is 19.6 Å². The number of carbonyl (C=O) groups excluding carboxylic acids is 2. The number of nitrogens with zero attached hydrogens (tertiary/aromatic N) is 4. The zero-order valence-electron chi connectivity index (χ0n) is 22.9. The van der Waals surface area contributed by atoms with E-state index in [0.29, 0.717) is 18.8 Å². The fourth-order valence-corrected chi connectivity index (χ4v) is 5.25. The molecule has 2 aromatic heterocycles. The third kappa shape index (κ3) is 6.96. The predicted molar refractivity (Wildman–Crippen MR) is 153 cm³/mol. The van der Waals surface area contributed by atoms with Crippen LogP contribution < -0.4 is 5.32 Å². The minimum atomic E-state index is -0.528. The summed E-state index contributed by atoms with van der Waals surface area (Å²) in [6, 6.07) is 13.6. The number of fused-ring (bicyclic) bond motifs is 3. The number of Topliss-reactive ketones (excluding diaryl/α,β-unsaturated/α-hetero) is 1. The Morgan fingerprint density at radius 1 is 1.05 bits per heavy atom. The molecule has 2 aromatic carbocycles. The number of unbranched alkanes of at least 4 members (excludes halogenated alkanes) is 1. The molecular weight excluding hydrogens is 498 g/mol. The van der Waals surface area contributed by atoms with Crippen LogP contribution in [0.1, 0.15) is 69.8 Å². The highest BCUT2D eigenvalue weighted by Crippen LogP contribution is 2.29. The summed E-state index contributed by atoms with van der Waals surface area (Å²) < 4.78 is 8.12. The van der Waals surface area contributed by atoms with Crippen LogP contribution in [0.3, 0.4) is 0 Å². The van der Waals surface area contributed by atoms with Crippen molar-refractivity contribution in [2.24, 2.45) is 0 Å². The number of ketones is 1. The van der Waals surface area contributed by atoms with Crippen LogP contribution in [-0.4, -0.2) is 56.6 Å². The molecule has 4 aromatic rings. The monoisotopic (exact) mass is 535 g/mol. The van der Waals surface area contributed by atoms with Gasteiger partial charge in [0.05, 0.1) is 10.2 Å². The Hall–Kier alpha value is -3.30. The van der Waals surface area contributed by atoms with Gasteiger partial charge in [0.15, 0.2) is 11.6 Å². The molecule has 0 spiro atoms. The molecule has 0 saturated carbocycles. The summed E-state index contributed by atoms with van der Waals surface area (Å²) in [5.41, 5.74) is 3.02. The Balaban J connectivity index is 1.39. The molecule has 8 nitrogen and oxygen atoms in total. The van der Waals surface area contributed by atoms with Gasteiger partial charge < -0.3 is 15.0 Å². The maximum Gasteiger partial charge on any atom is 0.407 e. The maximum atomic E-state index is 12.8. The van der Waals surface area contributed by atoms with E-state index in [4.69, 9.17) is 14.8 Å². The number of benzene rings is 2. The largest absolute Gasteiger partial charge is 0.444 e. The van der Waals surface area contributed by atoms with E-state index in [1.54, 1.807) is 0 Å². The lowest BCUT2D eigenvalue weighted by atomic mass is 10.1. The van der Waals surface area contributed by atoms with Gasteiger partial charge in [-0.05, 0) is 77.0 Å². The van der Waals surface area contributed by atoms with Crippen LogP contribution in [0.2, 0.25) is 0 Å². The van der Waals surface area contributed by atoms with Crippen molar-refractivity contribution in [2.45, 2.75) is 66.0 Å². The summed E-state index contributed by atoms with van der Waals surface area (Å²) in [7, 11) is 0. The normalized spacial score (nSPS) is 11.9. The lowest BCUT2D eigenvalue weighted by Gasteiger charge is -2.19. The van der Waals surface area contributed by atoms with E-state index in [9.17, 15) is 9.59 Å². The highest BCUT2D eigenvalue weighted by Gasteiger charge is 2.17. The first-order valence-corrected chi connectivity index (χ1v) is 14.1. The average Bonchev–Trinajstić information content (AvgIpc) is 3.44. The fraction of sp³-hybridized carbons (Fsp3) is 0.448. The molecular formula is C29H37N5O3S. The topological polar surface area (TPSA) is 88.8 Å². The number of ether oxygens (including phenoxy) is 1. The molecule has 2 heterocycles. The first-order chi connectivity index (χ1) is 18.2. The van der Waals surface area contributed by atoms with E-state index in [1.807, 2.05) is 67.8 Å². The quantitative estimate of drug-likeness (QED) is 0.178. The van der Waals surface area contributed by atoms with Crippen molar-refractivity contribution in [1.29, 1.82) is 0 Å². The summed E-state index contributed by atoms with van der Waals surface area (Å²) in [6.07, 6.45) is 2.07. The number of aromatic nitrogens is 3. The van der Waals surface area contributed by atoms with Gasteiger partial charge in [-0.25, -0.2) is 9.31 Å². The summed E-state index contributed by atoms with van der Waals surface area (Å²) >= 11 is 1.53. The Labute approximate surface area is 228 Å². The van der Waals surface area contributed by atoms with E-state index in [2.05, 4.69) is 24.1 Å². The second-order valence-electron chi connectivity index (χ2n) is 10.4. The summed E-state index contributed by atoms with van der Waals surface area (Å²) in [6.45, 7) is 13.4. The second kappa shape index (κ2) is 12.0. The van der Waals surface area contributed by atoms with Crippen molar-refractivity contribution < 1.29 is 14.3 Å². The second-order valence-corrected chi connectivity index (χ2v) is 11.4. The van der Waals surface area contributed by atoms with Gasteiger partial charge in [-0.2, -0.15) is 4.98 Å². The Kier molecular flexibility index (Phi) is 8.79. The number of alkyl carbamates (subject to hydrolysis) is 1. The molecule has 0 aliphatic rings. The number of carbonyl (C=O) groups is 2. The van der Waals surface area contributed by atoms with Crippen LogP contribution in [0.5, 0.6) is 0 Å². The lowest BCUT2D eigenvalue weighted by molar-refractivity contribution is 0.0523. The number of thiazole rings is 1. The number of nitrogens with one attached hydrogen (secondary N) is 1. The minimum Gasteiger partial charge on any atom is -0.444 e. The van der Waals surface area contributed by atoms with Crippen molar-refractivity contribution >= 4 is 38.4 Å². The van der Waals surface area contributed by atoms with Gasteiger partial charge in [-0.15, -0.1) is 5.10 Å². The maximum absolute atomic E-state index is 12.8. The molecule has 202 valence electrons. The van der Waals surface area contributed by atoms with Gasteiger partial charge in [0.1, 0.15) is 5.60 Å². The third-order valence-corrected chi connectivity index (χ3v) is 7.35. The van der Waals surface area contributed by atoms with Gasteiger partial charge >= 0.3 is 6.09 Å². The average molecular weight is 536 g/mol. The first kappa shape index (κ1) is 27.7. The number of rotatable bonds is 11. The molecule has 0 bridgehead atoms. The molecule has 1 amide bonds. The Bertz CT molecular complexity index is 1400. The van der Waals surface area contributed by atoms with Crippen LogP contribution >= 0.6 is 11.3 Å².